The van der Waals surface area contributed by atoms with E-state index in [1.165, 1.54) is 17.2 Å². The lowest BCUT2D eigenvalue weighted by atomic mass is 10.1. The van der Waals surface area contributed by atoms with Crippen molar-refractivity contribution >= 4 is 40.5 Å². The number of aliphatic carboxylic acids is 1. The van der Waals surface area contributed by atoms with Gasteiger partial charge < -0.3 is 40.4 Å². The fourth-order valence-electron chi connectivity index (χ4n) is 4.36. The number of anilines is 1. The van der Waals surface area contributed by atoms with Crippen LogP contribution in [0.15, 0.2) is 30.9 Å². The zero-order valence-electron chi connectivity index (χ0n) is 20.1. The first kappa shape index (κ1) is 26.1. The topological polar surface area (TPSA) is 187 Å². The standard InChI is InChI=1S/C23H26ClN7O7/c24-13-1-2-14(37-9-15(32)30-3-5-36-6-4-30)12(7-13)8-26-20-17-21(28-10-27-20)31(11-29-17)22-18(33)16(25)19(38-22)23(34)35/h1-2,7,10-11,16,18-19,22,33H,3-6,8-9,25H2,(H,34,35)(H,26,27,28). The number of aromatic nitrogens is 4. The summed E-state index contributed by atoms with van der Waals surface area (Å²) in [6.07, 6.45) is -1.07. The van der Waals surface area contributed by atoms with Crippen molar-refractivity contribution in [2.75, 3.05) is 38.2 Å². The number of rotatable bonds is 8. The van der Waals surface area contributed by atoms with Gasteiger partial charge in [-0.25, -0.2) is 19.7 Å². The molecule has 0 bridgehead atoms. The summed E-state index contributed by atoms with van der Waals surface area (Å²) in [6.45, 7) is 2.17. The summed E-state index contributed by atoms with van der Waals surface area (Å²) < 4.78 is 18.0. The Kier molecular flexibility index (Phi) is 7.58. The van der Waals surface area contributed by atoms with Crippen molar-refractivity contribution in [3.8, 4) is 5.75 Å². The largest absolute Gasteiger partial charge is 0.483 e. The molecule has 0 saturated carbocycles. The first-order valence-corrected chi connectivity index (χ1v) is 12.2. The lowest BCUT2D eigenvalue weighted by Crippen LogP contribution is -2.43. The highest BCUT2D eigenvalue weighted by Gasteiger charge is 2.46. The minimum absolute atomic E-state index is 0.125. The Morgan fingerprint density at radius 2 is 2.03 bits per heavy atom. The van der Waals surface area contributed by atoms with Gasteiger partial charge in [0.05, 0.1) is 25.6 Å². The second-order valence-electron chi connectivity index (χ2n) is 8.79. The van der Waals surface area contributed by atoms with Crippen LogP contribution in [0.2, 0.25) is 5.02 Å². The van der Waals surface area contributed by atoms with Gasteiger partial charge in [0, 0.05) is 30.2 Å². The van der Waals surface area contributed by atoms with Crippen LogP contribution in [0.25, 0.3) is 11.2 Å². The minimum atomic E-state index is -1.37. The smallest absolute Gasteiger partial charge is 0.334 e. The summed E-state index contributed by atoms with van der Waals surface area (Å²) in [5, 5.41) is 23.4. The minimum Gasteiger partial charge on any atom is -0.483 e. The summed E-state index contributed by atoms with van der Waals surface area (Å²) in [6, 6.07) is 3.96. The van der Waals surface area contributed by atoms with Crippen LogP contribution in [-0.4, -0.2) is 97.7 Å². The Morgan fingerprint density at radius 1 is 1.24 bits per heavy atom. The van der Waals surface area contributed by atoms with E-state index < -0.39 is 30.4 Å². The molecular formula is C23H26ClN7O7. The number of morpholine rings is 1. The van der Waals surface area contributed by atoms with Gasteiger partial charge >= 0.3 is 5.97 Å². The third kappa shape index (κ3) is 5.21. The van der Waals surface area contributed by atoms with Gasteiger partial charge in [0.25, 0.3) is 5.91 Å². The van der Waals surface area contributed by atoms with E-state index in [2.05, 4.69) is 20.3 Å². The monoisotopic (exact) mass is 547 g/mol. The number of carbonyl (C=O) groups is 2. The van der Waals surface area contributed by atoms with Crippen molar-refractivity contribution in [2.45, 2.75) is 31.0 Å². The highest BCUT2D eigenvalue weighted by Crippen LogP contribution is 2.32. The normalized spacial score (nSPS) is 23.5. The first-order chi connectivity index (χ1) is 18.3. The van der Waals surface area contributed by atoms with Crippen molar-refractivity contribution in [1.82, 2.24) is 24.4 Å². The number of carbonyl (C=O) groups excluding carboxylic acids is 1. The van der Waals surface area contributed by atoms with Crippen molar-refractivity contribution in [3.63, 3.8) is 0 Å². The summed E-state index contributed by atoms with van der Waals surface area (Å²) in [5.41, 5.74) is 7.19. The van der Waals surface area contributed by atoms with Crippen molar-refractivity contribution in [2.24, 2.45) is 5.73 Å². The molecule has 4 unspecified atom stereocenters. The van der Waals surface area contributed by atoms with E-state index in [0.717, 1.165) is 0 Å². The molecule has 0 aliphatic carbocycles. The molecule has 4 heterocycles. The third-order valence-electron chi connectivity index (χ3n) is 6.38. The summed E-state index contributed by atoms with van der Waals surface area (Å²) in [7, 11) is 0. The van der Waals surface area contributed by atoms with Crippen molar-refractivity contribution in [1.29, 1.82) is 0 Å². The molecule has 0 radical (unpaired) electrons. The maximum atomic E-state index is 12.5. The predicted molar refractivity (Wildman–Crippen MR) is 133 cm³/mol. The molecule has 15 heteroatoms. The van der Waals surface area contributed by atoms with Crippen LogP contribution in [0.5, 0.6) is 5.75 Å². The second kappa shape index (κ2) is 11.0. The Morgan fingerprint density at radius 3 is 2.76 bits per heavy atom. The Hall–Kier alpha value is -3.56. The molecule has 5 N–H and O–H groups in total. The van der Waals surface area contributed by atoms with Crippen LogP contribution >= 0.6 is 11.6 Å². The molecule has 3 aromatic rings. The molecule has 2 aliphatic heterocycles. The van der Waals surface area contributed by atoms with E-state index in [0.29, 0.717) is 59.6 Å². The summed E-state index contributed by atoms with van der Waals surface area (Å²) in [4.78, 5) is 38.4. The van der Waals surface area contributed by atoms with Gasteiger partial charge in [-0.3, -0.25) is 9.36 Å². The molecule has 2 aliphatic rings. The first-order valence-electron chi connectivity index (χ1n) is 11.8. The molecular weight excluding hydrogens is 522 g/mol. The zero-order valence-corrected chi connectivity index (χ0v) is 20.8. The van der Waals surface area contributed by atoms with E-state index in [9.17, 15) is 19.8 Å². The summed E-state index contributed by atoms with van der Waals surface area (Å²) >= 11 is 6.21. The molecule has 38 heavy (non-hydrogen) atoms. The van der Waals surface area contributed by atoms with E-state index in [-0.39, 0.29) is 19.1 Å². The van der Waals surface area contributed by atoms with Crippen LogP contribution in [-0.2, 0) is 25.6 Å². The van der Waals surface area contributed by atoms with E-state index in [4.69, 9.17) is 31.5 Å². The zero-order chi connectivity index (χ0) is 26.8. The van der Waals surface area contributed by atoms with Gasteiger partial charge in [-0.1, -0.05) is 11.6 Å². The maximum Gasteiger partial charge on any atom is 0.334 e. The summed E-state index contributed by atoms with van der Waals surface area (Å²) in [5.74, 6) is -0.552. The molecule has 4 atom stereocenters. The number of hydrogen-bond donors (Lipinski definition) is 4. The molecule has 1 amide bonds. The second-order valence-corrected chi connectivity index (χ2v) is 9.22. The van der Waals surface area contributed by atoms with Gasteiger partial charge in [-0.15, -0.1) is 0 Å². The Labute approximate surface area is 221 Å². The number of carboxylic acids is 1. The number of halogens is 1. The van der Waals surface area contributed by atoms with Gasteiger partial charge in [0.1, 0.15) is 18.2 Å². The van der Waals surface area contributed by atoms with Crippen LogP contribution < -0.4 is 15.8 Å². The quantitative estimate of drug-likeness (QED) is 0.296. The Bertz CT molecular complexity index is 1330. The number of nitrogens with zero attached hydrogens (tertiary/aromatic N) is 5. The fourth-order valence-corrected chi connectivity index (χ4v) is 4.56. The number of fused-ring (bicyclic) bond motifs is 1. The number of carboxylic acid groups (broad SMARTS) is 1. The molecule has 14 nitrogen and oxygen atoms in total. The number of amides is 1. The highest BCUT2D eigenvalue weighted by atomic mass is 35.5. The van der Waals surface area contributed by atoms with Gasteiger partial charge in [-0.2, -0.15) is 0 Å². The van der Waals surface area contributed by atoms with Crippen molar-refractivity contribution in [3.05, 3.63) is 41.4 Å². The van der Waals surface area contributed by atoms with E-state index in [1.54, 1.807) is 23.1 Å². The molecule has 0 spiro atoms. The molecule has 5 rings (SSSR count). The number of ether oxygens (including phenoxy) is 3. The predicted octanol–water partition coefficient (Wildman–Crippen LogP) is -0.000400. The molecule has 1 aromatic carbocycles. The number of nitrogens with one attached hydrogen (secondary N) is 1. The average Bonchev–Trinajstić information content (AvgIpc) is 3.48. The van der Waals surface area contributed by atoms with E-state index in [1.807, 2.05) is 0 Å². The molecule has 2 fully saturated rings. The fraction of sp³-hybridized carbons (Fsp3) is 0.435. The number of imidazole rings is 1. The molecule has 2 aromatic heterocycles. The van der Waals surface area contributed by atoms with Gasteiger partial charge in [-0.05, 0) is 18.2 Å². The number of aliphatic hydroxyl groups excluding tert-OH is 1. The average molecular weight is 548 g/mol. The highest BCUT2D eigenvalue weighted by molar-refractivity contribution is 6.30. The maximum absolute atomic E-state index is 12.5. The van der Waals surface area contributed by atoms with Crippen LogP contribution in [0.1, 0.15) is 11.8 Å². The van der Waals surface area contributed by atoms with Crippen LogP contribution in [0.3, 0.4) is 0 Å². The SMILES string of the molecule is NC1C(C(=O)O)OC(n2cnc3c(NCc4cc(Cl)ccc4OCC(=O)N4CCOCC4)ncnc32)C1O. The number of aliphatic hydroxyl groups is 1. The van der Waals surface area contributed by atoms with E-state index >= 15 is 0 Å². The van der Waals surface area contributed by atoms with Crippen molar-refractivity contribution < 1.29 is 34.0 Å². The van der Waals surface area contributed by atoms with Gasteiger partial charge in [0.2, 0.25) is 0 Å². The Balaban J connectivity index is 1.31. The number of hydrogen-bond acceptors (Lipinski definition) is 11. The van der Waals surface area contributed by atoms with Crippen LogP contribution in [0, 0.1) is 0 Å². The van der Waals surface area contributed by atoms with Crippen LogP contribution in [0.4, 0.5) is 5.82 Å². The number of nitrogens with two attached hydrogens (primary N) is 1. The number of benzene rings is 1. The molecule has 202 valence electrons. The molecule has 2 saturated heterocycles. The lowest BCUT2D eigenvalue weighted by Gasteiger charge is -2.26. The lowest BCUT2D eigenvalue weighted by molar-refractivity contribution is -0.152. The third-order valence-corrected chi connectivity index (χ3v) is 6.62. The van der Waals surface area contributed by atoms with Gasteiger partial charge in [0.15, 0.2) is 35.9 Å².